The van der Waals surface area contributed by atoms with Crippen LogP contribution in [0.25, 0.3) is 22.1 Å². The van der Waals surface area contributed by atoms with Gasteiger partial charge in [-0.2, -0.15) is 0 Å². The summed E-state index contributed by atoms with van der Waals surface area (Å²) in [6, 6.07) is 12.9. The summed E-state index contributed by atoms with van der Waals surface area (Å²) in [5.74, 6) is 2.08. The Morgan fingerprint density at radius 1 is 0.708 bits per heavy atom. The van der Waals surface area contributed by atoms with Gasteiger partial charge in [0.15, 0.2) is 0 Å². The Morgan fingerprint density at radius 3 is 1.54 bits per heavy atom. The molecule has 0 bridgehead atoms. The van der Waals surface area contributed by atoms with E-state index in [0.717, 1.165) is 22.7 Å². The van der Waals surface area contributed by atoms with Crippen LogP contribution in [0.5, 0.6) is 0 Å². The van der Waals surface area contributed by atoms with E-state index in [0.29, 0.717) is 0 Å². The van der Waals surface area contributed by atoms with Crippen LogP contribution in [0, 0.1) is 13.8 Å². The van der Waals surface area contributed by atoms with Crippen LogP contribution in [0.4, 0.5) is 0 Å². The van der Waals surface area contributed by atoms with Crippen molar-refractivity contribution in [1.82, 2.24) is 19.1 Å². The molecule has 4 nitrogen and oxygen atoms in total. The number of fused-ring (bicyclic) bond motifs is 2. The van der Waals surface area contributed by atoms with E-state index in [1.807, 2.05) is 13.8 Å². The highest BCUT2D eigenvalue weighted by Crippen LogP contribution is 2.39. The average molecular weight is 355 g/mol. The van der Waals surface area contributed by atoms with Gasteiger partial charge in [0.2, 0.25) is 0 Å². The van der Waals surface area contributed by atoms with Crippen molar-refractivity contribution in [1.29, 1.82) is 0 Å². The summed E-state index contributed by atoms with van der Waals surface area (Å²) in [6.07, 6.45) is 0. The van der Waals surface area contributed by atoms with E-state index < -0.39 is 0 Å². The SMILES string of the molecule is Cc1nc2cc(SSc3ccc4c(c3)nc(C)n4C)ccc2n1C. The zero-order valence-electron chi connectivity index (χ0n) is 14.1. The van der Waals surface area contributed by atoms with Gasteiger partial charge in [-0.3, -0.25) is 0 Å². The first kappa shape index (κ1) is 15.6. The molecule has 0 N–H and O–H groups in total. The molecular weight excluding hydrogens is 336 g/mol. The van der Waals surface area contributed by atoms with E-state index in [1.165, 1.54) is 20.8 Å². The Kier molecular flexibility index (Phi) is 3.81. The molecule has 2 aromatic heterocycles. The summed E-state index contributed by atoms with van der Waals surface area (Å²) in [6.45, 7) is 4.07. The number of imidazole rings is 2. The fourth-order valence-electron chi connectivity index (χ4n) is 2.80. The number of aromatic nitrogens is 4. The molecule has 2 aromatic carbocycles. The molecule has 0 aliphatic rings. The second kappa shape index (κ2) is 5.86. The number of aryl methyl sites for hydroxylation is 4. The lowest BCUT2D eigenvalue weighted by Crippen LogP contribution is -1.89. The number of rotatable bonds is 3. The summed E-state index contributed by atoms with van der Waals surface area (Å²) in [5, 5.41) is 0. The minimum atomic E-state index is 1.04. The molecule has 24 heavy (non-hydrogen) atoms. The molecule has 0 spiro atoms. The predicted molar refractivity (Wildman–Crippen MR) is 103 cm³/mol. The van der Waals surface area contributed by atoms with E-state index in [2.05, 4.69) is 69.6 Å². The van der Waals surface area contributed by atoms with Gasteiger partial charge in [-0.1, -0.05) is 21.6 Å². The predicted octanol–water partition coefficient (Wildman–Crippen LogP) is 4.88. The van der Waals surface area contributed by atoms with Crippen LogP contribution in [0.3, 0.4) is 0 Å². The Morgan fingerprint density at radius 2 is 1.12 bits per heavy atom. The normalized spacial score (nSPS) is 11.7. The van der Waals surface area contributed by atoms with Gasteiger partial charge in [-0.15, -0.1) is 0 Å². The molecule has 0 saturated heterocycles. The van der Waals surface area contributed by atoms with Crippen molar-refractivity contribution in [2.45, 2.75) is 23.6 Å². The summed E-state index contributed by atoms with van der Waals surface area (Å²) in [7, 11) is 7.62. The molecule has 0 unspecified atom stereocenters. The first-order chi connectivity index (χ1) is 11.5. The third kappa shape index (κ3) is 2.59. The number of hydrogen-bond acceptors (Lipinski definition) is 4. The first-order valence-electron chi connectivity index (χ1n) is 7.73. The lowest BCUT2D eigenvalue weighted by molar-refractivity contribution is 0.886. The smallest absolute Gasteiger partial charge is 0.106 e. The van der Waals surface area contributed by atoms with Gasteiger partial charge < -0.3 is 9.13 Å². The molecule has 0 amide bonds. The van der Waals surface area contributed by atoms with Crippen LogP contribution < -0.4 is 0 Å². The van der Waals surface area contributed by atoms with Crippen LogP contribution in [-0.4, -0.2) is 19.1 Å². The van der Waals surface area contributed by atoms with Crippen LogP contribution in [0.15, 0.2) is 46.2 Å². The highest BCUT2D eigenvalue weighted by atomic mass is 33.1. The van der Waals surface area contributed by atoms with E-state index >= 15 is 0 Å². The van der Waals surface area contributed by atoms with Crippen LogP contribution in [-0.2, 0) is 14.1 Å². The zero-order valence-corrected chi connectivity index (χ0v) is 15.7. The molecule has 122 valence electrons. The summed E-state index contributed by atoms with van der Waals surface area (Å²) < 4.78 is 4.24. The molecule has 0 atom stereocenters. The Bertz CT molecular complexity index is 976. The van der Waals surface area contributed by atoms with E-state index in [-0.39, 0.29) is 0 Å². The number of nitrogens with zero attached hydrogens (tertiary/aromatic N) is 4. The van der Waals surface area contributed by atoms with Crippen molar-refractivity contribution in [2.75, 3.05) is 0 Å². The van der Waals surface area contributed by atoms with Gasteiger partial charge in [0.25, 0.3) is 0 Å². The first-order valence-corrected chi connectivity index (χ1v) is 9.88. The second-order valence-electron chi connectivity index (χ2n) is 5.90. The molecule has 2 heterocycles. The van der Waals surface area contributed by atoms with Gasteiger partial charge in [-0.25, -0.2) is 9.97 Å². The summed E-state index contributed by atoms with van der Waals surface area (Å²) >= 11 is 0. The monoisotopic (exact) mass is 354 g/mol. The van der Waals surface area contributed by atoms with Crippen molar-refractivity contribution >= 4 is 43.7 Å². The molecule has 0 fully saturated rings. The maximum atomic E-state index is 4.61. The minimum absolute atomic E-state index is 1.04. The Hall–Kier alpha value is -1.92. The maximum absolute atomic E-state index is 4.61. The second-order valence-corrected chi connectivity index (χ2v) is 8.18. The van der Waals surface area contributed by atoms with Crippen LogP contribution in [0.2, 0.25) is 0 Å². The topological polar surface area (TPSA) is 35.6 Å². The van der Waals surface area contributed by atoms with Crippen molar-refractivity contribution in [3.8, 4) is 0 Å². The molecule has 6 heteroatoms. The summed E-state index contributed by atoms with van der Waals surface area (Å²) in [4.78, 5) is 11.6. The van der Waals surface area contributed by atoms with Gasteiger partial charge in [0, 0.05) is 23.9 Å². The molecule has 4 rings (SSSR count). The standard InChI is InChI=1S/C18H18N4S2/c1-11-19-15-9-13(5-7-17(15)21(11)3)23-24-14-6-8-18-16(10-14)20-12(2)22(18)4/h5-10H,1-4H3. The van der Waals surface area contributed by atoms with E-state index in [4.69, 9.17) is 0 Å². The van der Waals surface area contributed by atoms with E-state index in [1.54, 1.807) is 21.6 Å². The quantitative estimate of drug-likeness (QED) is 0.491. The van der Waals surface area contributed by atoms with Gasteiger partial charge in [0.05, 0.1) is 22.1 Å². The zero-order chi connectivity index (χ0) is 16.8. The molecule has 0 radical (unpaired) electrons. The summed E-state index contributed by atoms with van der Waals surface area (Å²) in [5.41, 5.74) is 4.45. The Balaban J connectivity index is 1.58. The van der Waals surface area contributed by atoms with E-state index in [9.17, 15) is 0 Å². The highest BCUT2D eigenvalue weighted by molar-refractivity contribution is 8.76. The van der Waals surface area contributed by atoms with Crippen molar-refractivity contribution in [2.24, 2.45) is 14.1 Å². The minimum Gasteiger partial charge on any atom is -0.331 e. The Labute approximate surface area is 148 Å². The average Bonchev–Trinajstić information content (AvgIpc) is 3.02. The number of hydrogen-bond donors (Lipinski definition) is 0. The van der Waals surface area contributed by atoms with Gasteiger partial charge >= 0.3 is 0 Å². The molecule has 4 aromatic rings. The fraction of sp³-hybridized carbons (Fsp3) is 0.222. The van der Waals surface area contributed by atoms with Gasteiger partial charge in [0.1, 0.15) is 11.6 Å². The molecule has 0 saturated carbocycles. The lowest BCUT2D eigenvalue weighted by Gasteiger charge is -2.03. The van der Waals surface area contributed by atoms with Crippen molar-refractivity contribution in [3.05, 3.63) is 48.0 Å². The van der Waals surface area contributed by atoms with Gasteiger partial charge in [-0.05, 0) is 50.2 Å². The number of benzene rings is 2. The van der Waals surface area contributed by atoms with Crippen molar-refractivity contribution < 1.29 is 0 Å². The molecular formula is C18H18N4S2. The van der Waals surface area contributed by atoms with Crippen LogP contribution in [0.1, 0.15) is 11.6 Å². The lowest BCUT2D eigenvalue weighted by atomic mass is 10.3. The van der Waals surface area contributed by atoms with Crippen molar-refractivity contribution in [3.63, 3.8) is 0 Å². The largest absolute Gasteiger partial charge is 0.331 e. The highest BCUT2D eigenvalue weighted by Gasteiger charge is 2.08. The fourth-order valence-corrected chi connectivity index (χ4v) is 4.76. The third-order valence-corrected chi connectivity index (χ3v) is 6.77. The molecule has 0 aliphatic heterocycles. The van der Waals surface area contributed by atoms with Crippen LogP contribution >= 0.6 is 21.6 Å². The molecule has 0 aliphatic carbocycles. The maximum Gasteiger partial charge on any atom is 0.106 e. The third-order valence-electron chi connectivity index (χ3n) is 4.39.